The minimum atomic E-state index is -0.738. The molecule has 0 aliphatic rings. The van der Waals surface area contributed by atoms with Gasteiger partial charge in [-0.25, -0.2) is 14.6 Å². The van der Waals surface area contributed by atoms with E-state index in [2.05, 4.69) is 25.9 Å². The molecule has 0 bridgehead atoms. The fourth-order valence-corrected chi connectivity index (χ4v) is 1.89. The quantitative estimate of drug-likeness (QED) is 0.806. The van der Waals surface area contributed by atoms with Gasteiger partial charge in [-0.15, -0.1) is 0 Å². The van der Waals surface area contributed by atoms with Crippen LogP contribution in [0.15, 0.2) is 15.3 Å². The Morgan fingerprint density at radius 3 is 2.68 bits per heavy atom. The standard InChI is InChI=1S/C12H14BrN3O3/c1-6-7(13)5-8-9(14-6)16(10(17)15-8)11(18)19-12(2,3)4/h5H,1-4H3,(H,15,17). The number of nitrogens with one attached hydrogen (secondary N) is 1. The predicted molar refractivity (Wildman–Crippen MR) is 74.4 cm³/mol. The highest BCUT2D eigenvalue weighted by atomic mass is 79.9. The van der Waals surface area contributed by atoms with E-state index in [4.69, 9.17) is 4.74 Å². The van der Waals surface area contributed by atoms with Gasteiger partial charge in [0.2, 0.25) is 0 Å². The van der Waals surface area contributed by atoms with Gasteiger partial charge in [0, 0.05) is 4.47 Å². The van der Waals surface area contributed by atoms with Crippen molar-refractivity contribution in [2.75, 3.05) is 0 Å². The summed E-state index contributed by atoms with van der Waals surface area (Å²) in [5.74, 6) is 0. The molecule has 0 saturated carbocycles. The number of pyridine rings is 1. The summed E-state index contributed by atoms with van der Waals surface area (Å²) in [7, 11) is 0. The molecule has 0 aliphatic heterocycles. The molecule has 2 heterocycles. The maximum absolute atomic E-state index is 12.0. The third-order valence-electron chi connectivity index (χ3n) is 2.36. The van der Waals surface area contributed by atoms with Gasteiger partial charge in [0.05, 0.1) is 11.2 Å². The average Bonchev–Trinajstić information content (AvgIpc) is 2.52. The van der Waals surface area contributed by atoms with Gasteiger partial charge in [-0.1, -0.05) is 0 Å². The van der Waals surface area contributed by atoms with E-state index in [9.17, 15) is 9.59 Å². The molecule has 2 aromatic rings. The Morgan fingerprint density at radius 2 is 2.11 bits per heavy atom. The van der Waals surface area contributed by atoms with Crippen molar-refractivity contribution in [1.82, 2.24) is 14.5 Å². The predicted octanol–water partition coefficient (Wildman–Crippen LogP) is 2.58. The number of rotatable bonds is 0. The molecule has 1 N–H and O–H groups in total. The van der Waals surface area contributed by atoms with Gasteiger partial charge in [-0.2, -0.15) is 4.57 Å². The zero-order valence-corrected chi connectivity index (χ0v) is 12.7. The third-order valence-corrected chi connectivity index (χ3v) is 3.17. The van der Waals surface area contributed by atoms with Crippen LogP contribution in [-0.4, -0.2) is 26.2 Å². The van der Waals surface area contributed by atoms with Crippen LogP contribution in [0, 0.1) is 6.92 Å². The number of aromatic nitrogens is 3. The van der Waals surface area contributed by atoms with Crippen molar-refractivity contribution in [1.29, 1.82) is 0 Å². The van der Waals surface area contributed by atoms with Crippen LogP contribution in [0.25, 0.3) is 11.2 Å². The first-order valence-corrected chi connectivity index (χ1v) is 6.49. The topological polar surface area (TPSA) is 77.0 Å². The zero-order valence-electron chi connectivity index (χ0n) is 11.1. The monoisotopic (exact) mass is 327 g/mol. The largest absolute Gasteiger partial charge is 0.443 e. The van der Waals surface area contributed by atoms with Crippen molar-refractivity contribution in [3.05, 3.63) is 26.7 Å². The normalized spacial score (nSPS) is 11.8. The SMILES string of the molecule is Cc1nc2c(cc1Br)[nH]c(=O)n2C(=O)OC(C)(C)C. The third kappa shape index (κ3) is 2.70. The Bertz CT molecular complexity index is 709. The minimum absolute atomic E-state index is 0.264. The van der Waals surface area contributed by atoms with Crippen molar-refractivity contribution in [3.8, 4) is 0 Å². The second kappa shape index (κ2) is 4.48. The zero-order chi connectivity index (χ0) is 14.4. The van der Waals surface area contributed by atoms with Crippen LogP contribution in [0.5, 0.6) is 0 Å². The molecule has 0 unspecified atom stereocenters. The summed E-state index contributed by atoms with van der Waals surface area (Å²) in [5, 5.41) is 0. The number of imidazole rings is 1. The minimum Gasteiger partial charge on any atom is -0.443 e. The van der Waals surface area contributed by atoms with E-state index in [1.165, 1.54) is 0 Å². The number of aryl methyl sites for hydroxylation is 1. The molecule has 0 fully saturated rings. The smallest absolute Gasteiger partial charge is 0.424 e. The van der Waals surface area contributed by atoms with Gasteiger partial charge in [-0.3, -0.25) is 0 Å². The Hall–Kier alpha value is -1.63. The summed E-state index contributed by atoms with van der Waals surface area (Å²) in [6, 6.07) is 1.71. The van der Waals surface area contributed by atoms with Crippen molar-refractivity contribution in [3.63, 3.8) is 0 Å². The van der Waals surface area contributed by atoms with Gasteiger partial charge in [-0.05, 0) is 49.7 Å². The second-order valence-electron chi connectivity index (χ2n) is 5.17. The van der Waals surface area contributed by atoms with Crippen LogP contribution in [0.1, 0.15) is 26.5 Å². The average molecular weight is 328 g/mol. The number of hydrogen-bond donors (Lipinski definition) is 1. The molecule has 102 valence electrons. The molecule has 0 atom stereocenters. The van der Waals surface area contributed by atoms with E-state index in [1.807, 2.05) is 0 Å². The van der Waals surface area contributed by atoms with E-state index in [0.29, 0.717) is 11.2 Å². The summed E-state index contributed by atoms with van der Waals surface area (Å²) in [6.45, 7) is 6.99. The lowest BCUT2D eigenvalue weighted by Gasteiger charge is -2.19. The summed E-state index contributed by atoms with van der Waals surface area (Å²) < 4.78 is 6.86. The summed E-state index contributed by atoms with van der Waals surface area (Å²) in [5.41, 5.74) is 0.191. The molecule has 2 rings (SSSR count). The molecule has 0 aliphatic carbocycles. The van der Waals surface area contributed by atoms with Crippen molar-refractivity contribution in [2.45, 2.75) is 33.3 Å². The highest BCUT2D eigenvalue weighted by Crippen LogP contribution is 2.19. The van der Waals surface area contributed by atoms with E-state index < -0.39 is 17.4 Å². The van der Waals surface area contributed by atoms with Crippen molar-refractivity contribution < 1.29 is 9.53 Å². The Balaban J connectivity index is 2.61. The molecule has 7 heteroatoms. The number of hydrogen-bond acceptors (Lipinski definition) is 4. The van der Waals surface area contributed by atoms with Crippen LogP contribution in [0.3, 0.4) is 0 Å². The molecule has 0 aromatic carbocycles. The number of carbonyl (C=O) groups is 1. The maximum atomic E-state index is 12.0. The number of carbonyl (C=O) groups excluding carboxylic acids is 1. The van der Waals surface area contributed by atoms with Crippen molar-refractivity contribution in [2.24, 2.45) is 0 Å². The highest BCUT2D eigenvalue weighted by Gasteiger charge is 2.22. The molecule has 0 spiro atoms. The van der Waals surface area contributed by atoms with Crippen LogP contribution in [-0.2, 0) is 4.74 Å². The van der Waals surface area contributed by atoms with Gasteiger partial charge in [0.15, 0.2) is 5.65 Å². The molecule has 2 aromatic heterocycles. The van der Waals surface area contributed by atoms with E-state index in [0.717, 1.165) is 9.04 Å². The van der Waals surface area contributed by atoms with Crippen LogP contribution >= 0.6 is 15.9 Å². The van der Waals surface area contributed by atoms with Crippen molar-refractivity contribution >= 4 is 33.2 Å². The van der Waals surface area contributed by atoms with E-state index >= 15 is 0 Å². The fraction of sp³-hybridized carbons (Fsp3) is 0.417. The number of H-pyrrole nitrogens is 1. The molecule has 0 amide bonds. The summed E-state index contributed by atoms with van der Waals surface area (Å²) in [4.78, 5) is 30.7. The molecular weight excluding hydrogens is 314 g/mol. The number of ether oxygens (including phenoxy) is 1. The second-order valence-corrected chi connectivity index (χ2v) is 6.03. The summed E-state index contributed by atoms with van der Waals surface area (Å²) in [6.07, 6.45) is -0.738. The number of aromatic amines is 1. The molecule has 0 radical (unpaired) electrons. The lowest BCUT2D eigenvalue weighted by molar-refractivity contribution is 0.0537. The highest BCUT2D eigenvalue weighted by molar-refractivity contribution is 9.10. The maximum Gasteiger partial charge on any atom is 0.424 e. The first-order chi connectivity index (χ1) is 8.69. The molecule has 0 saturated heterocycles. The Morgan fingerprint density at radius 1 is 1.47 bits per heavy atom. The molecule has 6 nitrogen and oxygen atoms in total. The van der Waals surface area contributed by atoms with Gasteiger partial charge in [0.25, 0.3) is 0 Å². The Kier molecular flexibility index (Phi) is 3.25. The van der Waals surface area contributed by atoms with Gasteiger partial charge < -0.3 is 9.72 Å². The first-order valence-electron chi connectivity index (χ1n) is 5.70. The lowest BCUT2D eigenvalue weighted by Crippen LogP contribution is -2.32. The molecular formula is C12H14BrN3O3. The molecule has 19 heavy (non-hydrogen) atoms. The van der Waals surface area contributed by atoms with E-state index in [-0.39, 0.29) is 5.65 Å². The van der Waals surface area contributed by atoms with Crippen LogP contribution < -0.4 is 5.69 Å². The van der Waals surface area contributed by atoms with Gasteiger partial charge >= 0.3 is 11.8 Å². The summed E-state index contributed by atoms with van der Waals surface area (Å²) >= 11 is 3.33. The lowest BCUT2D eigenvalue weighted by atomic mass is 10.2. The number of halogens is 1. The number of fused-ring (bicyclic) bond motifs is 1. The van der Waals surface area contributed by atoms with E-state index in [1.54, 1.807) is 33.8 Å². The van der Waals surface area contributed by atoms with Crippen LogP contribution in [0.2, 0.25) is 0 Å². The Labute approximate surface area is 117 Å². The van der Waals surface area contributed by atoms with Gasteiger partial charge in [0.1, 0.15) is 5.60 Å². The fourth-order valence-electron chi connectivity index (χ4n) is 1.57. The first kappa shape index (κ1) is 13.8. The number of nitrogens with zero attached hydrogens (tertiary/aromatic N) is 2. The van der Waals surface area contributed by atoms with Crippen LogP contribution in [0.4, 0.5) is 4.79 Å².